The second kappa shape index (κ2) is 18.4. The molecule has 314 valence electrons. The van der Waals surface area contributed by atoms with Crippen LogP contribution in [0.4, 0.5) is 13.2 Å². The molecule has 1 amide bonds. The number of alkyl halides is 3. The number of hydrogen-bond acceptors (Lipinski definition) is 10. The number of hydrogen-bond donors (Lipinski definition) is 2. The van der Waals surface area contributed by atoms with Crippen LogP contribution in [0.1, 0.15) is 34.9 Å². The van der Waals surface area contributed by atoms with Crippen molar-refractivity contribution in [3.8, 4) is 23.3 Å². The Kier molecular flexibility index (Phi) is 13.3. The Labute approximate surface area is 342 Å². The van der Waals surface area contributed by atoms with Gasteiger partial charge in [0.1, 0.15) is 35.0 Å². The molecule has 1 fully saturated rings. The van der Waals surface area contributed by atoms with Crippen LogP contribution >= 0.6 is 0 Å². The van der Waals surface area contributed by atoms with Crippen molar-refractivity contribution in [3.63, 3.8) is 0 Å². The van der Waals surface area contributed by atoms with Crippen molar-refractivity contribution >= 4 is 15.7 Å². The average molecular weight is 848 g/mol. The number of ether oxygens (including phenoxy) is 4. The lowest BCUT2D eigenvalue weighted by atomic mass is 9.80. The Bertz CT molecular complexity index is 2510. The summed E-state index contributed by atoms with van der Waals surface area (Å²) in [6.07, 6.45) is -7.74. The molecule has 2 N–H and O–H groups in total. The highest BCUT2D eigenvalue weighted by molar-refractivity contribution is 7.91. The standard InChI is InChI=1S/C43H40F3N3O10S/c1-56-33-19-15-31(16-20-33)42(30-11-5-3-6-12-30,32-17-21-34(57-2)22-18-32)58-28-37-36(50)26-38(59-37)49-27-29(39(51)47-41(49)53)10-9-23-48(40(52)43(44,45)46)24-25-60(54,55)35-13-7-4-8-14-35/h3-8,11-22,27,36-38,50H,23-26,28H2,1-2H3,(H,47,51,53)/t36-,37+,38+/m0/s1. The molecule has 2 heterocycles. The third-order valence-corrected chi connectivity index (χ3v) is 11.6. The normalized spacial score (nSPS) is 16.7. The van der Waals surface area contributed by atoms with Crippen molar-refractivity contribution in [2.75, 3.05) is 39.7 Å². The predicted octanol–water partition coefficient (Wildman–Crippen LogP) is 4.43. The lowest BCUT2D eigenvalue weighted by Crippen LogP contribution is -2.43. The molecule has 60 heavy (non-hydrogen) atoms. The molecule has 4 aromatic carbocycles. The third-order valence-electron chi connectivity index (χ3n) is 9.87. The van der Waals surface area contributed by atoms with Gasteiger partial charge in [-0.3, -0.25) is 19.1 Å². The van der Waals surface area contributed by atoms with Crippen molar-refractivity contribution in [2.24, 2.45) is 0 Å². The van der Waals surface area contributed by atoms with Gasteiger partial charge in [0.25, 0.3) is 5.56 Å². The number of amides is 1. The largest absolute Gasteiger partial charge is 0.497 e. The van der Waals surface area contributed by atoms with Crippen LogP contribution in [-0.4, -0.2) is 91.9 Å². The number of rotatable bonds is 14. The van der Waals surface area contributed by atoms with Gasteiger partial charge in [-0.05, 0) is 53.1 Å². The van der Waals surface area contributed by atoms with Crippen LogP contribution in [0.3, 0.4) is 0 Å². The number of nitrogens with zero attached hydrogens (tertiary/aromatic N) is 2. The summed E-state index contributed by atoms with van der Waals surface area (Å²) in [6, 6.07) is 31.0. The highest BCUT2D eigenvalue weighted by Gasteiger charge is 2.43. The number of H-pyrrole nitrogens is 1. The summed E-state index contributed by atoms with van der Waals surface area (Å²) in [4.78, 5) is 40.2. The monoisotopic (exact) mass is 847 g/mol. The Morgan fingerprint density at radius 3 is 1.98 bits per heavy atom. The van der Waals surface area contributed by atoms with E-state index in [1.54, 1.807) is 44.6 Å². The van der Waals surface area contributed by atoms with Gasteiger partial charge in [-0.25, -0.2) is 13.2 Å². The molecule has 6 rings (SSSR count). The molecule has 1 aromatic heterocycles. The maximum atomic E-state index is 13.5. The van der Waals surface area contributed by atoms with E-state index in [2.05, 4.69) is 16.8 Å². The zero-order valence-electron chi connectivity index (χ0n) is 32.3. The summed E-state index contributed by atoms with van der Waals surface area (Å²) in [5.41, 5.74) is -1.34. The number of aromatic nitrogens is 2. The summed E-state index contributed by atoms with van der Waals surface area (Å²) in [7, 11) is -0.956. The molecule has 0 radical (unpaired) electrons. The van der Waals surface area contributed by atoms with Gasteiger partial charge in [0, 0.05) is 19.2 Å². The van der Waals surface area contributed by atoms with Crippen molar-refractivity contribution < 1.29 is 50.4 Å². The number of sulfone groups is 1. The van der Waals surface area contributed by atoms with Crippen LogP contribution < -0.4 is 20.7 Å². The molecular formula is C43H40F3N3O10S. The van der Waals surface area contributed by atoms with Crippen molar-refractivity contribution in [1.29, 1.82) is 0 Å². The van der Waals surface area contributed by atoms with Gasteiger partial charge in [0.05, 0.1) is 44.1 Å². The average Bonchev–Trinajstić information content (AvgIpc) is 3.62. The van der Waals surface area contributed by atoms with E-state index in [-0.39, 0.29) is 28.4 Å². The maximum Gasteiger partial charge on any atom is 0.471 e. The van der Waals surface area contributed by atoms with Gasteiger partial charge in [-0.15, -0.1) is 0 Å². The highest BCUT2D eigenvalue weighted by atomic mass is 32.2. The quantitative estimate of drug-likeness (QED) is 0.121. The van der Waals surface area contributed by atoms with E-state index in [0.717, 1.165) is 27.5 Å². The van der Waals surface area contributed by atoms with Gasteiger partial charge in [0.15, 0.2) is 9.84 Å². The van der Waals surface area contributed by atoms with Crippen LogP contribution in [0.25, 0.3) is 0 Å². The first-order valence-corrected chi connectivity index (χ1v) is 20.1. The molecule has 0 unspecified atom stereocenters. The minimum atomic E-state index is -5.34. The van der Waals surface area contributed by atoms with Crippen LogP contribution in [0.5, 0.6) is 11.5 Å². The number of aromatic amines is 1. The van der Waals surface area contributed by atoms with Crippen molar-refractivity contribution in [3.05, 3.63) is 158 Å². The fourth-order valence-corrected chi connectivity index (χ4v) is 8.01. The van der Waals surface area contributed by atoms with Gasteiger partial charge in [-0.1, -0.05) is 84.6 Å². The summed E-state index contributed by atoms with van der Waals surface area (Å²) in [5, 5.41) is 11.3. The second-order valence-electron chi connectivity index (χ2n) is 13.6. The number of benzene rings is 4. The molecule has 0 spiro atoms. The van der Waals surface area contributed by atoms with E-state index in [1.165, 1.54) is 24.3 Å². The number of carbonyl (C=O) groups excluding carboxylic acids is 1. The Hall–Kier alpha value is -6.19. The van der Waals surface area contributed by atoms with Crippen LogP contribution in [0.2, 0.25) is 0 Å². The number of carbonyl (C=O) groups is 1. The lowest BCUT2D eigenvalue weighted by Gasteiger charge is -2.37. The molecule has 5 aromatic rings. The van der Waals surface area contributed by atoms with Gasteiger partial charge in [-0.2, -0.15) is 13.2 Å². The Morgan fingerprint density at radius 1 is 0.883 bits per heavy atom. The maximum absolute atomic E-state index is 13.5. The first-order valence-electron chi connectivity index (χ1n) is 18.5. The van der Waals surface area contributed by atoms with Gasteiger partial charge in [0.2, 0.25) is 0 Å². The number of aliphatic hydroxyl groups is 1. The van der Waals surface area contributed by atoms with Crippen LogP contribution in [0.15, 0.2) is 130 Å². The third kappa shape index (κ3) is 9.64. The van der Waals surface area contributed by atoms with Crippen molar-refractivity contribution in [1.82, 2.24) is 14.5 Å². The first-order chi connectivity index (χ1) is 28.7. The summed E-state index contributed by atoms with van der Waals surface area (Å²) in [6.45, 7) is -1.94. The Morgan fingerprint density at radius 2 is 1.43 bits per heavy atom. The van der Waals surface area contributed by atoms with E-state index in [9.17, 15) is 41.1 Å². The summed E-state index contributed by atoms with van der Waals surface area (Å²) >= 11 is 0. The lowest BCUT2D eigenvalue weighted by molar-refractivity contribution is -0.184. The van der Waals surface area contributed by atoms with E-state index in [4.69, 9.17) is 18.9 Å². The molecule has 1 aliphatic rings. The molecule has 0 bridgehead atoms. The summed E-state index contributed by atoms with van der Waals surface area (Å²) < 4.78 is 90.8. The molecule has 3 atom stereocenters. The molecule has 13 nitrogen and oxygen atoms in total. The summed E-state index contributed by atoms with van der Waals surface area (Å²) in [5.74, 6) is 2.79. The second-order valence-corrected chi connectivity index (χ2v) is 15.7. The zero-order valence-corrected chi connectivity index (χ0v) is 33.1. The number of aliphatic hydroxyl groups excluding tert-OH is 1. The van der Waals surface area contributed by atoms with Gasteiger partial charge < -0.3 is 29.0 Å². The molecule has 1 aliphatic heterocycles. The fourth-order valence-electron chi connectivity index (χ4n) is 6.74. The number of nitrogens with one attached hydrogen (secondary N) is 1. The molecule has 0 saturated carbocycles. The van der Waals surface area contributed by atoms with Crippen LogP contribution in [-0.2, 0) is 29.7 Å². The van der Waals surface area contributed by atoms with Gasteiger partial charge >= 0.3 is 17.8 Å². The zero-order chi connectivity index (χ0) is 43.1. The number of halogens is 3. The fraction of sp³-hybridized carbons (Fsp3) is 0.279. The van der Waals surface area contributed by atoms with E-state index < -0.39 is 76.0 Å². The molecule has 0 aliphatic carbocycles. The van der Waals surface area contributed by atoms with E-state index in [0.29, 0.717) is 11.5 Å². The molecule has 1 saturated heterocycles. The first kappa shape index (κ1) is 43.4. The van der Waals surface area contributed by atoms with E-state index in [1.807, 2.05) is 54.6 Å². The smallest absolute Gasteiger partial charge is 0.471 e. The topological polar surface area (TPSA) is 166 Å². The Balaban J connectivity index is 1.25. The minimum absolute atomic E-state index is 0.125. The molecular weight excluding hydrogens is 808 g/mol. The molecule has 17 heteroatoms. The SMILES string of the molecule is COc1ccc(C(OC[C@H]2O[C@@H](n3cc(C#CCN(CCS(=O)(=O)c4ccccc4)C(=O)C(F)(F)F)c(=O)[nH]c3=O)C[C@@H]2O)(c2ccccc2)c2ccc(OC)cc2)cc1. The van der Waals surface area contributed by atoms with Crippen molar-refractivity contribution in [2.45, 2.75) is 41.5 Å². The van der Waals surface area contributed by atoms with Crippen LogP contribution in [0, 0.1) is 11.8 Å². The predicted molar refractivity (Wildman–Crippen MR) is 212 cm³/mol. The minimum Gasteiger partial charge on any atom is -0.497 e. The van der Waals surface area contributed by atoms with E-state index >= 15 is 0 Å². The highest BCUT2D eigenvalue weighted by Crippen LogP contribution is 2.42. The number of methoxy groups -OCH3 is 2.